The number of aryl methyl sites for hydroxylation is 2. The predicted molar refractivity (Wildman–Crippen MR) is 163 cm³/mol. The van der Waals surface area contributed by atoms with E-state index in [4.69, 9.17) is 11.6 Å². The van der Waals surface area contributed by atoms with Crippen LogP contribution in [0.1, 0.15) is 55.2 Å². The Morgan fingerprint density at radius 3 is 2.50 bits per heavy atom. The van der Waals surface area contributed by atoms with Crippen LogP contribution in [0.15, 0.2) is 42.6 Å². The number of hydrogen-bond donors (Lipinski definition) is 2. The van der Waals surface area contributed by atoms with Crippen LogP contribution in [0.2, 0.25) is 5.02 Å². The van der Waals surface area contributed by atoms with E-state index in [1.807, 2.05) is 18.2 Å². The lowest BCUT2D eigenvalue weighted by atomic mass is 9.97. The summed E-state index contributed by atoms with van der Waals surface area (Å²) in [6.45, 7) is 5.98. The fraction of sp³-hybridized carbons (Fsp3) is 0.452. The van der Waals surface area contributed by atoms with Crippen LogP contribution in [0.3, 0.4) is 0 Å². The Labute approximate surface area is 241 Å². The first-order valence-corrected chi connectivity index (χ1v) is 17.3. The normalized spacial score (nSPS) is 20.3. The summed E-state index contributed by atoms with van der Waals surface area (Å²) in [4.78, 5) is 11.8. The molecule has 0 bridgehead atoms. The molecule has 0 unspecified atom stereocenters. The van der Waals surface area contributed by atoms with Crippen LogP contribution >= 0.6 is 18.7 Å². The molecule has 1 aliphatic heterocycles. The van der Waals surface area contributed by atoms with Gasteiger partial charge < -0.3 is 20.1 Å². The van der Waals surface area contributed by atoms with Crippen LogP contribution in [0, 0.1) is 11.3 Å². The molecule has 2 N–H and O–H groups in total. The highest BCUT2D eigenvalue weighted by Crippen LogP contribution is 2.49. The second-order valence-electron chi connectivity index (χ2n) is 11.9. The maximum absolute atomic E-state index is 13.2. The van der Waals surface area contributed by atoms with Gasteiger partial charge in [-0.1, -0.05) is 23.7 Å². The molecule has 6 rings (SSSR count). The molecule has 1 saturated carbocycles. The largest absolute Gasteiger partial charge is 0.338 e. The average Bonchev–Trinajstić information content (AvgIpc) is 3.61. The fourth-order valence-corrected chi connectivity index (χ4v) is 7.48. The average molecular weight is 575 g/mol. The Kier molecular flexibility index (Phi) is 7.38. The highest BCUT2D eigenvalue weighted by atomic mass is 35.5. The molecule has 0 spiro atoms. The lowest BCUT2D eigenvalue weighted by molar-refractivity contribution is 0.222. The molecule has 0 radical (unpaired) electrons. The summed E-state index contributed by atoms with van der Waals surface area (Å²) in [5.41, 5.74) is 4.94. The molecule has 2 heterocycles. The van der Waals surface area contributed by atoms with Gasteiger partial charge in [-0.25, -0.2) is 4.98 Å². The summed E-state index contributed by atoms with van der Waals surface area (Å²) in [7, 11) is -2.66. The molecule has 7 nitrogen and oxygen atoms in total. The number of fused-ring (bicyclic) bond motifs is 1. The summed E-state index contributed by atoms with van der Waals surface area (Å²) >= 11 is 6.50. The Bertz CT molecular complexity index is 1520. The summed E-state index contributed by atoms with van der Waals surface area (Å²) in [5.74, 6) is 0.873. The zero-order valence-electron chi connectivity index (χ0n) is 23.2. The molecule has 0 amide bonds. The van der Waals surface area contributed by atoms with Gasteiger partial charge in [0.1, 0.15) is 12.2 Å². The van der Waals surface area contributed by atoms with Gasteiger partial charge >= 0.3 is 0 Å². The van der Waals surface area contributed by atoms with Crippen molar-refractivity contribution in [1.29, 1.82) is 5.26 Å². The molecular weight excluding hydrogens is 539 g/mol. The van der Waals surface area contributed by atoms with Crippen molar-refractivity contribution in [1.82, 2.24) is 14.9 Å². The van der Waals surface area contributed by atoms with E-state index in [1.165, 1.54) is 49.9 Å². The van der Waals surface area contributed by atoms with Gasteiger partial charge in [-0.05, 0) is 119 Å². The van der Waals surface area contributed by atoms with Crippen molar-refractivity contribution in [3.8, 4) is 6.07 Å². The number of aromatic nitrogens is 2. The van der Waals surface area contributed by atoms with Crippen molar-refractivity contribution >= 4 is 47.2 Å². The molecule has 1 aromatic heterocycles. The Balaban J connectivity index is 1.21. The lowest BCUT2D eigenvalue weighted by Crippen LogP contribution is -2.32. The van der Waals surface area contributed by atoms with E-state index in [0.717, 1.165) is 36.9 Å². The Hall–Kier alpha value is -2.91. The number of benzene rings is 2. The van der Waals surface area contributed by atoms with Crippen LogP contribution in [-0.2, 0) is 22.8 Å². The maximum Gasteiger partial charge on any atom is 0.229 e. The Morgan fingerprint density at radius 2 is 1.80 bits per heavy atom. The van der Waals surface area contributed by atoms with Gasteiger partial charge in [0.15, 0.2) is 5.82 Å². The number of rotatable bonds is 7. The lowest BCUT2D eigenvalue weighted by Gasteiger charge is -2.25. The number of likely N-dealkylation sites (tertiary alicyclic amines) is 1. The molecular formula is C31H36ClN6OP. The second kappa shape index (κ2) is 10.8. The van der Waals surface area contributed by atoms with Gasteiger partial charge in [0.2, 0.25) is 5.95 Å². The van der Waals surface area contributed by atoms with E-state index in [-0.39, 0.29) is 0 Å². The monoisotopic (exact) mass is 574 g/mol. The third-order valence-corrected chi connectivity index (χ3v) is 10.5. The fourth-order valence-electron chi connectivity index (χ4n) is 6.18. The number of anilines is 4. The van der Waals surface area contributed by atoms with Crippen LogP contribution < -0.4 is 15.9 Å². The highest BCUT2D eigenvalue weighted by molar-refractivity contribution is 7.70. The topological polar surface area (TPSA) is 93.9 Å². The molecule has 2 aliphatic carbocycles. The van der Waals surface area contributed by atoms with Gasteiger partial charge in [-0.2, -0.15) is 10.2 Å². The molecule has 2 fully saturated rings. The van der Waals surface area contributed by atoms with Crippen molar-refractivity contribution in [2.75, 3.05) is 37.1 Å². The second-order valence-corrected chi connectivity index (χ2v) is 15.5. The zero-order valence-corrected chi connectivity index (χ0v) is 24.9. The molecule has 1 atom stereocenters. The maximum atomic E-state index is 13.2. The van der Waals surface area contributed by atoms with Gasteiger partial charge in [0, 0.05) is 17.0 Å². The summed E-state index contributed by atoms with van der Waals surface area (Å²) in [6.07, 6.45) is 10.6. The molecule has 3 aromatic rings. The molecule has 1 saturated heterocycles. The molecule has 3 aliphatic rings. The van der Waals surface area contributed by atoms with Gasteiger partial charge in [0.05, 0.1) is 23.4 Å². The standard InChI is InChI=1S/C31H36ClN6OP/c1-40(2,39)28-18-23(31(20-33)13-14-31)8-12-27(28)36-29-26(32)19-34-30(37-29)35-24-9-5-21-6-10-25(11-7-22(21)17-24)38-15-3-4-16-38/h5,8-9,12,17-19,25H,3-4,6-7,10-11,13-16H2,1-2H3,(H2,34,35,36,37)/t25-/m0/s1. The first-order valence-electron chi connectivity index (χ1n) is 14.3. The molecule has 208 valence electrons. The van der Waals surface area contributed by atoms with Crippen molar-refractivity contribution in [2.45, 2.75) is 62.8 Å². The van der Waals surface area contributed by atoms with E-state index in [9.17, 15) is 9.83 Å². The SMILES string of the molecule is CP(C)(=O)c1cc(C2(C#N)CC2)ccc1Nc1nc(Nc2ccc3c(c2)CC[C@@H](N2CCCC2)CC3)ncc1Cl. The van der Waals surface area contributed by atoms with Crippen molar-refractivity contribution in [3.05, 3.63) is 64.3 Å². The van der Waals surface area contributed by atoms with E-state index < -0.39 is 12.6 Å². The van der Waals surface area contributed by atoms with Gasteiger partial charge in [-0.15, -0.1) is 0 Å². The van der Waals surface area contributed by atoms with E-state index in [2.05, 4.69) is 49.8 Å². The number of nitriles is 1. The van der Waals surface area contributed by atoms with Crippen LogP contribution in [-0.4, -0.2) is 47.3 Å². The zero-order chi connectivity index (χ0) is 27.9. The summed E-state index contributed by atoms with van der Waals surface area (Å²) < 4.78 is 13.2. The van der Waals surface area contributed by atoms with Crippen molar-refractivity contribution in [2.24, 2.45) is 0 Å². The van der Waals surface area contributed by atoms with E-state index in [1.54, 1.807) is 19.5 Å². The van der Waals surface area contributed by atoms with Crippen molar-refractivity contribution < 1.29 is 4.57 Å². The minimum absolute atomic E-state index is 0.369. The molecule has 9 heteroatoms. The van der Waals surface area contributed by atoms with E-state index in [0.29, 0.717) is 33.8 Å². The number of nitrogens with zero attached hydrogens (tertiary/aromatic N) is 4. The van der Waals surface area contributed by atoms with E-state index >= 15 is 0 Å². The quantitative estimate of drug-likeness (QED) is 0.238. The van der Waals surface area contributed by atoms with Crippen molar-refractivity contribution in [3.63, 3.8) is 0 Å². The number of halogens is 1. The summed E-state index contributed by atoms with van der Waals surface area (Å²) in [6, 6.07) is 15.4. The molecule has 40 heavy (non-hydrogen) atoms. The minimum Gasteiger partial charge on any atom is -0.338 e. The summed E-state index contributed by atoms with van der Waals surface area (Å²) in [5, 5.41) is 17.4. The number of nitrogens with one attached hydrogen (secondary N) is 2. The van der Waals surface area contributed by atoms with Crippen LogP contribution in [0.4, 0.5) is 23.1 Å². The first kappa shape index (κ1) is 27.3. The van der Waals surface area contributed by atoms with Crippen LogP contribution in [0.25, 0.3) is 0 Å². The van der Waals surface area contributed by atoms with Gasteiger partial charge in [0.25, 0.3) is 0 Å². The first-order chi connectivity index (χ1) is 19.2. The highest BCUT2D eigenvalue weighted by Gasteiger charge is 2.45. The third-order valence-electron chi connectivity index (χ3n) is 8.70. The molecule has 2 aromatic carbocycles. The van der Waals surface area contributed by atoms with Gasteiger partial charge in [-0.3, -0.25) is 0 Å². The number of hydrogen-bond acceptors (Lipinski definition) is 7. The minimum atomic E-state index is -2.66. The Morgan fingerprint density at radius 1 is 1.05 bits per heavy atom. The third kappa shape index (κ3) is 5.63. The predicted octanol–water partition coefficient (Wildman–Crippen LogP) is 6.76. The smallest absolute Gasteiger partial charge is 0.229 e. The van der Waals surface area contributed by atoms with Crippen LogP contribution in [0.5, 0.6) is 0 Å².